The Kier molecular flexibility index (Phi) is 4.19. The zero-order chi connectivity index (χ0) is 14.7. The number of hydrogen-bond donors (Lipinski definition) is 1. The molecule has 2 fully saturated rings. The Morgan fingerprint density at radius 1 is 1.38 bits per heavy atom. The quantitative estimate of drug-likeness (QED) is 0.868. The van der Waals surface area contributed by atoms with Crippen LogP contribution in [0.1, 0.15) is 12.0 Å². The number of carbonyl (C=O) groups is 1. The first-order valence-corrected chi connectivity index (χ1v) is 7.38. The van der Waals surface area contributed by atoms with Crippen LogP contribution in [-0.2, 0) is 16.1 Å². The summed E-state index contributed by atoms with van der Waals surface area (Å²) in [7, 11) is 0. The minimum atomic E-state index is -0.805. The zero-order valence-corrected chi connectivity index (χ0v) is 12.1. The number of carboxylic acid groups (broad SMARTS) is 1. The smallest absolute Gasteiger partial charge is 0.326 e. The van der Waals surface area contributed by atoms with E-state index in [9.17, 15) is 9.90 Å². The highest BCUT2D eigenvalue weighted by Gasteiger charge is 2.48. The summed E-state index contributed by atoms with van der Waals surface area (Å²) in [6.45, 7) is 5.03. The van der Waals surface area contributed by atoms with Crippen molar-refractivity contribution in [3.05, 3.63) is 30.1 Å². The van der Waals surface area contributed by atoms with Crippen molar-refractivity contribution in [2.75, 3.05) is 39.4 Å². The number of ether oxygens (including phenoxy) is 1. The molecule has 3 heterocycles. The van der Waals surface area contributed by atoms with Gasteiger partial charge in [0.25, 0.3) is 0 Å². The van der Waals surface area contributed by atoms with Gasteiger partial charge in [-0.2, -0.15) is 0 Å². The van der Waals surface area contributed by atoms with E-state index < -0.39 is 11.5 Å². The summed E-state index contributed by atoms with van der Waals surface area (Å²) in [4.78, 5) is 20.2. The van der Waals surface area contributed by atoms with Gasteiger partial charge in [-0.3, -0.25) is 19.6 Å². The summed E-state index contributed by atoms with van der Waals surface area (Å²) in [6.07, 6.45) is 4.25. The summed E-state index contributed by atoms with van der Waals surface area (Å²) < 4.78 is 5.35. The molecule has 2 aliphatic rings. The van der Waals surface area contributed by atoms with Crippen LogP contribution >= 0.6 is 0 Å². The van der Waals surface area contributed by atoms with Gasteiger partial charge >= 0.3 is 5.97 Å². The molecule has 0 bridgehead atoms. The maximum absolute atomic E-state index is 11.7. The lowest BCUT2D eigenvalue weighted by Crippen LogP contribution is -2.61. The van der Waals surface area contributed by atoms with E-state index in [1.807, 2.05) is 12.3 Å². The summed E-state index contributed by atoms with van der Waals surface area (Å²) in [5, 5.41) is 9.57. The monoisotopic (exact) mass is 291 g/mol. The number of hydrogen-bond acceptors (Lipinski definition) is 5. The number of nitrogens with zero attached hydrogens (tertiary/aromatic N) is 3. The maximum Gasteiger partial charge on any atom is 0.326 e. The SMILES string of the molecule is O=C(O)C1(N2CCN(Cc3cccnc3)CC2)CCOC1. The average molecular weight is 291 g/mol. The first-order chi connectivity index (χ1) is 10.2. The first-order valence-electron chi connectivity index (χ1n) is 7.38. The van der Waals surface area contributed by atoms with Crippen LogP contribution in [0.3, 0.4) is 0 Å². The Labute approximate surface area is 124 Å². The van der Waals surface area contributed by atoms with Crippen molar-refractivity contribution in [2.45, 2.75) is 18.5 Å². The molecule has 1 unspecified atom stereocenters. The molecule has 1 N–H and O–H groups in total. The predicted octanol–water partition coefficient (Wildman–Crippen LogP) is 0.443. The fraction of sp³-hybridized carbons (Fsp3) is 0.600. The van der Waals surface area contributed by atoms with Gasteiger partial charge in [0.2, 0.25) is 0 Å². The van der Waals surface area contributed by atoms with Crippen molar-refractivity contribution in [1.82, 2.24) is 14.8 Å². The van der Waals surface area contributed by atoms with E-state index >= 15 is 0 Å². The first kappa shape index (κ1) is 14.4. The molecule has 3 rings (SSSR count). The fourth-order valence-electron chi connectivity index (χ4n) is 3.19. The van der Waals surface area contributed by atoms with Gasteiger partial charge in [0.15, 0.2) is 0 Å². The number of pyridine rings is 1. The van der Waals surface area contributed by atoms with E-state index in [1.165, 1.54) is 5.56 Å². The van der Waals surface area contributed by atoms with E-state index in [0.717, 1.165) is 32.7 Å². The van der Waals surface area contributed by atoms with Crippen LogP contribution in [0, 0.1) is 0 Å². The molecular weight excluding hydrogens is 270 g/mol. The van der Waals surface area contributed by atoms with Crippen LogP contribution in [0.15, 0.2) is 24.5 Å². The summed E-state index contributed by atoms with van der Waals surface area (Å²) in [5.41, 5.74) is 0.392. The standard InChI is InChI=1S/C15H21N3O3/c19-14(20)15(3-9-21-12-15)18-7-5-17(6-8-18)11-13-2-1-4-16-10-13/h1-2,4,10H,3,5-9,11-12H2,(H,19,20). The minimum absolute atomic E-state index is 0.310. The molecule has 0 aromatic carbocycles. The zero-order valence-electron chi connectivity index (χ0n) is 12.1. The number of aliphatic carboxylic acids is 1. The van der Waals surface area contributed by atoms with E-state index in [-0.39, 0.29) is 0 Å². The van der Waals surface area contributed by atoms with E-state index in [1.54, 1.807) is 6.20 Å². The Hall–Kier alpha value is -1.50. The Balaban J connectivity index is 1.59. The van der Waals surface area contributed by atoms with Gasteiger partial charge in [-0.15, -0.1) is 0 Å². The summed E-state index contributed by atoms with van der Waals surface area (Å²) >= 11 is 0. The Morgan fingerprint density at radius 2 is 2.19 bits per heavy atom. The Morgan fingerprint density at radius 3 is 2.76 bits per heavy atom. The van der Waals surface area contributed by atoms with Crippen molar-refractivity contribution in [3.63, 3.8) is 0 Å². The number of piperazine rings is 1. The second kappa shape index (κ2) is 6.09. The van der Waals surface area contributed by atoms with E-state index in [2.05, 4.69) is 20.9 Å². The number of carboxylic acids is 1. The third kappa shape index (κ3) is 2.92. The van der Waals surface area contributed by atoms with Crippen molar-refractivity contribution in [3.8, 4) is 0 Å². The summed E-state index contributed by atoms with van der Waals surface area (Å²) in [6, 6.07) is 4.02. The molecule has 0 amide bonds. The van der Waals surface area contributed by atoms with Crippen molar-refractivity contribution < 1.29 is 14.6 Å². The highest BCUT2D eigenvalue weighted by Crippen LogP contribution is 2.28. The largest absolute Gasteiger partial charge is 0.480 e. The molecule has 0 spiro atoms. The van der Waals surface area contributed by atoms with Crippen molar-refractivity contribution in [1.29, 1.82) is 0 Å². The van der Waals surface area contributed by atoms with Crippen molar-refractivity contribution in [2.24, 2.45) is 0 Å². The normalized spacial score (nSPS) is 27.8. The highest BCUT2D eigenvalue weighted by atomic mass is 16.5. The Bertz CT molecular complexity index is 480. The molecule has 1 atom stereocenters. The van der Waals surface area contributed by atoms with Gasteiger partial charge in [-0.25, -0.2) is 0 Å². The molecular formula is C15H21N3O3. The second-order valence-electron chi connectivity index (χ2n) is 5.76. The lowest BCUT2D eigenvalue weighted by Gasteiger charge is -2.42. The van der Waals surface area contributed by atoms with Crippen LogP contribution < -0.4 is 0 Å². The van der Waals surface area contributed by atoms with Crippen LogP contribution in [0.5, 0.6) is 0 Å². The average Bonchev–Trinajstić information content (AvgIpc) is 3.00. The molecule has 2 aliphatic heterocycles. The van der Waals surface area contributed by atoms with Gasteiger partial charge < -0.3 is 9.84 Å². The second-order valence-corrected chi connectivity index (χ2v) is 5.76. The third-order valence-electron chi connectivity index (χ3n) is 4.51. The van der Waals surface area contributed by atoms with Crippen LogP contribution in [0.4, 0.5) is 0 Å². The lowest BCUT2D eigenvalue weighted by atomic mass is 9.95. The molecule has 1 aromatic heterocycles. The third-order valence-corrected chi connectivity index (χ3v) is 4.51. The van der Waals surface area contributed by atoms with Gasteiger partial charge in [0.1, 0.15) is 5.54 Å². The molecule has 1 aromatic rings. The van der Waals surface area contributed by atoms with E-state index in [0.29, 0.717) is 19.6 Å². The minimum Gasteiger partial charge on any atom is -0.480 e. The molecule has 0 radical (unpaired) electrons. The van der Waals surface area contributed by atoms with Gasteiger partial charge in [-0.05, 0) is 11.6 Å². The van der Waals surface area contributed by atoms with Gasteiger partial charge in [0, 0.05) is 58.1 Å². The van der Waals surface area contributed by atoms with E-state index in [4.69, 9.17) is 4.74 Å². The van der Waals surface area contributed by atoms with Crippen LogP contribution in [0.25, 0.3) is 0 Å². The maximum atomic E-state index is 11.7. The molecule has 21 heavy (non-hydrogen) atoms. The summed E-state index contributed by atoms with van der Waals surface area (Å²) in [5.74, 6) is -0.749. The number of rotatable bonds is 4. The molecule has 0 saturated carbocycles. The van der Waals surface area contributed by atoms with Gasteiger partial charge in [0.05, 0.1) is 6.61 Å². The molecule has 114 valence electrons. The fourth-order valence-corrected chi connectivity index (χ4v) is 3.19. The van der Waals surface area contributed by atoms with Crippen molar-refractivity contribution >= 4 is 5.97 Å². The topological polar surface area (TPSA) is 65.9 Å². The highest BCUT2D eigenvalue weighted by molar-refractivity contribution is 5.79. The number of aromatic nitrogens is 1. The van der Waals surface area contributed by atoms with Gasteiger partial charge in [-0.1, -0.05) is 6.07 Å². The lowest BCUT2D eigenvalue weighted by molar-refractivity contribution is -0.153. The molecule has 6 heteroatoms. The molecule has 2 saturated heterocycles. The molecule has 0 aliphatic carbocycles. The van der Waals surface area contributed by atoms with Crippen LogP contribution in [-0.4, -0.2) is 70.8 Å². The van der Waals surface area contributed by atoms with Crippen LogP contribution in [0.2, 0.25) is 0 Å². The molecule has 6 nitrogen and oxygen atoms in total. The predicted molar refractivity (Wildman–Crippen MR) is 76.9 cm³/mol.